The summed E-state index contributed by atoms with van der Waals surface area (Å²) in [5.41, 5.74) is 1.56. The topological polar surface area (TPSA) is 26.3 Å². The predicted octanol–water partition coefficient (Wildman–Crippen LogP) is 4.30. The first-order chi connectivity index (χ1) is 9.11. The summed E-state index contributed by atoms with van der Waals surface area (Å²) in [6.45, 7) is 0. The van der Waals surface area contributed by atoms with Gasteiger partial charge in [-0.2, -0.15) is 0 Å². The maximum absolute atomic E-state index is 12.0. The van der Waals surface area contributed by atoms with E-state index in [4.69, 9.17) is 27.9 Å². The number of benzene rings is 2. The number of hydrogen-bond acceptors (Lipinski definition) is 2. The number of rotatable bonds is 3. The summed E-state index contributed by atoms with van der Waals surface area (Å²) in [6.07, 6.45) is 0. The van der Waals surface area contributed by atoms with E-state index in [2.05, 4.69) is 0 Å². The summed E-state index contributed by atoms with van der Waals surface area (Å²) in [5.74, 6) is -0.869. The van der Waals surface area contributed by atoms with Gasteiger partial charge in [-0.1, -0.05) is 53.5 Å². The second kappa shape index (κ2) is 6.09. The highest BCUT2D eigenvalue weighted by molar-refractivity contribution is 6.34. The van der Waals surface area contributed by atoms with Gasteiger partial charge >= 0.3 is 5.97 Å². The van der Waals surface area contributed by atoms with Gasteiger partial charge in [-0.3, -0.25) is 4.79 Å². The molecule has 19 heavy (non-hydrogen) atoms. The Labute approximate surface area is 121 Å². The largest absolute Gasteiger partial charge is 0.468 e. The molecule has 0 aliphatic rings. The number of ether oxygens (including phenoxy) is 1. The van der Waals surface area contributed by atoms with E-state index in [1.54, 1.807) is 18.2 Å². The Morgan fingerprint density at radius 2 is 1.58 bits per heavy atom. The quantitative estimate of drug-likeness (QED) is 0.789. The van der Waals surface area contributed by atoms with Crippen molar-refractivity contribution in [1.29, 1.82) is 0 Å². The van der Waals surface area contributed by atoms with Gasteiger partial charge in [-0.05, 0) is 29.3 Å². The Morgan fingerprint density at radius 1 is 1.00 bits per heavy atom. The zero-order chi connectivity index (χ0) is 13.8. The summed E-state index contributed by atoms with van der Waals surface area (Å²) in [4.78, 5) is 12.0. The second-order valence-corrected chi connectivity index (χ2v) is 4.94. The van der Waals surface area contributed by atoms with Gasteiger partial charge in [0, 0.05) is 10.0 Å². The average Bonchev–Trinajstić information content (AvgIpc) is 2.39. The smallest absolute Gasteiger partial charge is 0.317 e. The molecule has 0 aliphatic carbocycles. The van der Waals surface area contributed by atoms with Gasteiger partial charge in [-0.25, -0.2) is 0 Å². The monoisotopic (exact) mass is 294 g/mol. The van der Waals surface area contributed by atoms with Crippen LogP contribution in [0.25, 0.3) is 0 Å². The van der Waals surface area contributed by atoms with Crippen molar-refractivity contribution in [3.05, 3.63) is 69.7 Å². The molecular weight excluding hydrogens is 283 g/mol. The van der Waals surface area contributed by atoms with Gasteiger partial charge in [0.25, 0.3) is 0 Å². The molecule has 2 aromatic carbocycles. The molecule has 0 saturated heterocycles. The van der Waals surface area contributed by atoms with Crippen molar-refractivity contribution in [1.82, 2.24) is 0 Å². The standard InChI is InChI=1S/C15H12Cl2O2/c1-19-15(18)14(10-5-3-2-4-6-10)11-7-12(16)9-13(17)8-11/h2-9,14H,1H3. The molecule has 0 radical (unpaired) electrons. The minimum absolute atomic E-state index is 0.343. The van der Waals surface area contributed by atoms with Crippen molar-refractivity contribution in [2.75, 3.05) is 7.11 Å². The minimum atomic E-state index is -0.526. The van der Waals surface area contributed by atoms with Crippen molar-refractivity contribution in [3.8, 4) is 0 Å². The minimum Gasteiger partial charge on any atom is -0.468 e. The molecular formula is C15H12Cl2O2. The van der Waals surface area contributed by atoms with Crippen LogP contribution < -0.4 is 0 Å². The van der Waals surface area contributed by atoms with E-state index in [0.29, 0.717) is 10.0 Å². The van der Waals surface area contributed by atoms with E-state index in [1.165, 1.54) is 7.11 Å². The van der Waals surface area contributed by atoms with Gasteiger partial charge < -0.3 is 4.74 Å². The van der Waals surface area contributed by atoms with E-state index in [1.807, 2.05) is 30.3 Å². The highest BCUT2D eigenvalue weighted by Gasteiger charge is 2.24. The van der Waals surface area contributed by atoms with Gasteiger partial charge in [0.05, 0.1) is 7.11 Å². The Bertz CT molecular complexity index is 562. The number of methoxy groups -OCH3 is 1. The van der Waals surface area contributed by atoms with Crippen LogP contribution in [0.15, 0.2) is 48.5 Å². The van der Waals surface area contributed by atoms with Crippen LogP contribution in [-0.4, -0.2) is 13.1 Å². The zero-order valence-electron chi connectivity index (χ0n) is 10.3. The third kappa shape index (κ3) is 3.28. The number of halogens is 2. The third-order valence-corrected chi connectivity index (χ3v) is 3.22. The number of esters is 1. The molecule has 2 rings (SSSR count). The summed E-state index contributed by atoms with van der Waals surface area (Å²) in [7, 11) is 1.37. The van der Waals surface area contributed by atoms with Crippen molar-refractivity contribution in [2.45, 2.75) is 5.92 Å². The molecule has 4 heteroatoms. The Morgan fingerprint density at radius 3 is 2.11 bits per heavy atom. The maximum Gasteiger partial charge on any atom is 0.317 e. The molecule has 1 unspecified atom stereocenters. The Hall–Kier alpha value is -1.51. The predicted molar refractivity (Wildman–Crippen MR) is 76.8 cm³/mol. The van der Waals surface area contributed by atoms with Crippen molar-refractivity contribution in [2.24, 2.45) is 0 Å². The van der Waals surface area contributed by atoms with Crippen LogP contribution >= 0.6 is 23.2 Å². The lowest BCUT2D eigenvalue weighted by atomic mass is 9.91. The molecule has 1 atom stereocenters. The Kier molecular flexibility index (Phi) is 4.46. The van der Waals surface area contributed by atoms with E-state index in [9.17, 15) is 4.79 Å². The molecule has 0 aliphatic heterocycles. The van der Waals surface area contributed by atoms with Crippen LogP contribution in [0.1, 0.15) is 17.0 Å². The van der Waals surface area contributed by atoms with Crippen LogP contribution in [0, 0.1) is 0 Å². The van der Waals surface area contributed by atoms with E-state index in [-0.39, 0.29) is 5.97 Å². The first-order valence-electron chi connectivity index (χ1n) is 5.70. The van der Waals surface area contributed by atoms with Crippen LogP contribution in [0.3, 0.4) is 0 Å². The average molecular weight is 295 g/mol. The Balaban J connectivity index is 2.52. The van der Waals surface area contributed by atoms with Gasteiger partial charge in [0.1, 0.15) is 5.92 Å². The normalized spacial score (nSPS) is 11.9. The van der Waals surface area contributed by atoms with Crippen LogP contribution in [-0.2, 0) is 9.53 Å². The SMILES string of the molecule is COC(=O)C(c1ccccc1)c1cc(Cl)cc(Cl)c1. The maximum atomic E-state index is 12.0. The molecule has 0 amide bonds. The second-order valence-electron chi connectivity index (χ2n) is 4.07. The summed E-state index contributed by atoms with van der Waals surface area (Å²) >= 11 is 12.0. The van der Waals surface area contributed by atoms with Crippen molar-refractivity contribution < 1.29 is 9.53 Å². The van der Waals surface area contributed by atoms with Crippen molar-refractivity contribution >= 4 is 29.2 Å². The molecule has 0 heterocycles. The molecule has 0 bridgehead atoms. The van der Waals surface area contributed by atoms with Gasteiger partial charge in [-0.15, -0.1) is 0 Å². The van der Waals surface area contributed by atoms with E-state index < -0.39 is 5.92 Å². The molecule has 0 aromatic heterocycles. The highest BCUT2D eigenvalue weighted by Crippen LogP contribution is 2.30. The highest BCUT2D eigenvalue weighted by atomic mass is 35.5. The lowest BCUT2D eigenvalue weighted by Gasteiger charge is -2.16. The molecule has 2 aromatic rings. The number of carbonyl (C=O) groups is 1. The first-order valence-corrected chi connectivity index (χ1v) is 6.46. The number of carbonyl (C=O) groups excluding carboxylic acids is 1. The fraction of sp³-hybridized carbons (Fsp3) is 0.133. The lowest BCUT2D eigenvalue weighted by Crippen LogP contribution is -2.15. The lowest BCUT2D eigenvalue weighted by molar-refractivity contribution is -0.141. The fourth-order valence-corrected chi connectivity index (χ4v) is 2.51. The van der Waals surface area contributed by atoms with Crippen LogP contribution in [0.2, 0.25) is 10.0 Å². The van der Waals surface area contributed by atoms with Gasteiger partial charge in [0.2, 0.25) is 0 Å². The summed E-state index contributed by atoms with van der Waals surface area (Å²) in [5, 5.41) is 0.986. The first kappa shape index (κ1) is 13.9. The molecule has 0 N–H and O–H groups in total. The third-order valence-electron chi connectivity index (χ3n) is 2.79. The van der Waals surface area contributed by atoms with E-state index in [0.717, 1.165) is 11.1 Å². The van der Waals surface area contributed by atoms with Crippen molar-refractivity contribution in [3.63, 3.8) is 0 Å². The van der Waals surface area contributed by atoms with E-state index >= 15 is 0 Å². The summed E-state index contributed by atoms with van der Waals surface area (Å²) < 4.78 is 4.88. The zero-order valence-corrected chi connectivity index (χ0v) is 11.8. The summed E-state index contributed by atoms with van der Waals surface area (Å²) in [6, 6.07) is 14.5. The number of hydrogen-bond donors (Lipinski definition) is 0. The van der Waals surface area contributed by atoms with Crippen LogP contribution in [0.5, 0.6) is 0 Å². The molecule has 2 nitrogen and oxygen atoms in total. The molecule has 0 spiro atoms. The molecule has 0 fully saturated rings. The fourth-order valence-electron chi connectivity index (χ4n) is 1.97. The molecule has 0 saturated carbocycles. The van der Waals surface area contributed by atoms with Crippen LogP contribution in [0.4, 0.5) is 0 Å². The molecule has 98 valence electrons. The van der Waals surface area contributed by atoms with Gasteiger partial charge in [0.15, 0.2) is 0 Å².